The first kappa shape index (κ1) is 19.7. The largest absolute Gasteiger partial charge is 0.421 e. The summed E-state index contributed by atoms with van der Waals surface area (Å²) in [7, 11) is 1.72. The van der Waals surface area contributed by atoms with Crippen molar-refractivity contribution < 1.29 is 13.2 Å². The van der Waals surface area contributed by atoms with Crippen LogP contribution in [0.25, 0.3) is 0 Å². The molecule has 2 aromatic carbocycles. The summed E-state index contributed by atoms with van der Waals surface area (Å²) in [6, 6.07) is 16.4. The lowest BCUT2D eigenvalue weighted by molar-refractivity contribution is -0.137. The van der Waals surface area contributed by atoms with Gasteiger partial charge in [0.05, 0.1) is 0 Å². The van der Waals surface area contributed by atoms with Crippen LogP contribution < -0.4 is 10.2 Å². The maximum atomic E-state index is 13.4. The van der Waals surface area contributed by atoms with E-state index in [1.165, 1.54) is 5.56 Å². The molecule has 0 saturated carbocycles. The molecule has 0 aliphatic heterocycles. The minimum Gasteiger partial charge on any atom is -0.340 e. The van der Waals surface area contributed by atoms with Crippen molar-refractivity contribution in [3.05, 3.63) is 71.9 Å². The molecule has 28 heavy (non-hydrogen) atoms. The van der Waals surface area contributed by atoms with Crippen LogP contribution in [0.5, 0.6) is 0 Å². The minimum atomic E-state index is -4.56. The minimum absolute atomic E-state index is 0.170. The zero-order chi connectivity index (χ0) is 20.3. The highest BCUT2D eigenvalue weighted by atomic mass is 19.4. The second kappa shape index (κ2) is 7.88. The Morgan fingerprint density at radius 2 is 1.61 bits per heavy atom. The Morgan fingerprint density at radius 3 is 2.18 bits per heavy atom. The second-order valence-corrected chi connectivity index (χ2v) is 6.73. The molecule has 0 atom stereocenters. The van der Waals surface area contributed by atoms with Crippen LogP contribution in [0.2, 0.25) is 0 Å². The molecule has 146 valence electrons. The highest BCUT2D eigenvalue weighted by Gasteiger charge is 2.35. The van der Waals surface area contributed by atoms with E-state index in [-0.39, 0.29) is 11.8 Å². The fourth-order valence-electron chi connectivity index (χ4n) is 2.69. The van der Waals surface area contributed by atoms with Crippen LogP contribution in [0.15, 0.2) is 60.8 Å². The first-order valence-electron chi connectivity index (χ1n) is 8.85. The summed E-state index contributed by atoms with van der Waals surface area (Å²) in [6.45, 7) is 4.19. The van der Waals surface area contributed by atoms with Crippen LogP contribution >= 0.6 is 0 Å². The van der Waals surface area contributed by atoms with Crippen LogP contribution in [-0.4, -0.2) is 17.0 Å². The summed E-state index contributed by atoms with van der Waals surface area (Å²) in [5.74, 6) is 0.279. The highest BCUT2D eigenvalue weighted by Crippen LogP contribution is 2.36. The lowest BCUT2D eigenvalue weighted by Crippen LogP contribution is -2.17. The van der Waals surface area contributed by atoms with Gasteiger partial charge in [-0.15, -0.1) is 0 Å². The Kier molecular flexibility index (Phi) is 5.53. The average Bonchev–Trinajstić information content (AvgIpc) is 2.67. The summed E-state index contributed by atoms with van der Waals surface area (Å²) >= 11 is 0. The molecule has 4 nitrogen and oxygen atoms in total. The zero-order valence-corrected chi connectivity index (χ0v) is 15.8. The van der Waals surface area contributed by atoms with Gasteiger partial charge in [0.15, 0.2) is 0 Å². The third kappa shape index (κ3) is 4.42. The van der Waals surface area contributed by atoms with Crippen molar-refractivity contribution in [2.75, 3.05) is 17.3 Å². The van der Waals surface area contributed by atoms with Crippen LogP contribution in [0, 0.1) is 0 Å². The Labute approximate surface area is 162 Å². The third-order valence-corrected chi connectivity index (χ3v) is 4.37. The van der Waals surface area contributed by atoms with Crippen molar-refractivity contribution in [2.45, 2.75) is 25.9 Å². The number of rotatable bonds is 5. The summed E-state index contributed by atoms with van der Waals surface area (Å²) in [6.07, 6.45) is -3.75. The molecular weight excluding hydrogens is 365 g/mol. The number of benzene rings is 2. The molecule has 0 aliphatic rings. The van der Waals surface area contributed by atoms with Crippen molar-refractivity contribution in [3.8, 4) is 0 Å². The number of nitrogens with one attached hydrogen (secondary N) is 1. The lowest BCUT2D eigenvalue weighted by atomic mass is 10.0. The molecule has 3 aromatic rings. The predicted octanol–water partition coefficient (Wildman–Crippen LogP) is 6.13. The molecule has 7 heteroatoms. The average molecular weight is 386 g/mol. The van der Waals surface area contributed by atoms with Crippen molar-refractivity contribution in [3.63, 3.8) is 0 Å². The summed E-state index contributed by atoms with van der Waals surface area (Å²) < 4.78 is 40.2. The smallest absolute Gasteiger partial charge is 0.340 e. The van der Waals surface area contributed by atoms with E-state index in [0.29, 0.717) is 11.6 Å². The lowest BCUT2D eigenvalue weighted by Gasteiger charge is -2.20. The highest BCUT2D eigenvalue weighted by molar-refractivity contribution is 5.63. The molecule has 0 radical (unpaired) electrons. The molecule has 0 bridgehead atoms. The van der Waals surface area contributed by atoms with Gasteiger partial charge in [0.2, 0.25) is 5.95 Å². The quantitative estimate of drug-likeness (QED) is 0.573. The third-order valence-electron chi connectivity index (χ3n) is 4.37. The van der Waals surface area contributed by atoms with E-state index in [2.05, 4.69) is 29.1 Å². The van der Waals surface area contributed by atoms with Gasteiger partial charge in [0, 0.05) is 24.6 Å². The van der Waals surface area contributed by atoms with Crippen LogP contribution in [0.1, 0.15) is 30.9 Å². The van der Waals surface area contributed by atoms with E-state index < -0.39 is 11.7 Å². The molecule has 1 heterocycles. The molecule has 0 unspecified atom stereocenters. The van der Waals surface area contributed by atoms with Crippen molar-refractivity contribution >= 4 is 23.1 Å². The number of hydrogen-bond acceptors (Lipinski definition) is 4. The number of anilines is 4. The zero-order valence-electron chi connectivity index (χ0n) is 15.8. The predicted molar refractivity (Wildman–Crippen MR) is 105 cm³/mol. The number of para-hydroxylation sites is 1. The van der Waals surface area contributed by atoms with E-state index in [1.807, 2.05) is 24.3 Å². The Morgan fingerprint density at radius 1 is 0.964 bits per heavy atom. The van der Waals surface area contributed by atoms with Gasteiger partial charge in [-0.05, 0) is 35.7 Å². The van der Waals surface area contributed by atoms with Crippen LogP contribution in [0.4, 0.5) is 36.3 Å². The molecule has 0 aliphatic carbocycles. The van der Waals surface area contributed by atoms with Crippen LogP contribution in [0.3, 0.4) is 0 Å². The number of alkyl halides is 3. The van der Waals surface area contributed by atoms with Gasteiger partial charge < -0.3 is 10.2 Å². The monoisotopic (exact) mass is 386 g/mol. The molecule has 0 saturated heterocycles. The first-order valence-corrected chi connectivity index (χ1v) is 8.85. The van der Waals surface area contributed by atoms with Crippen molar-refractivity contribution in [1.82, 2.24) is 9.97 Å². The van der Waals surface area contributed by atoms with Gasteiger partial charge in [-0.1, -0.05) is 44.2 Å². The fourth-order valence-corrected chi connectivity index (χ4v) is 2.69. The van der Waals surface area contributed by atoms with E-state index in [0.717, 1.165) is 11.9 Å². The molecule has 0 spiro atoms. The SMILES string of the molecule is CC(C)c1ccc(N(C)c2ncc(C(F)(F)F)c(Nc3ccccc3)n2)cc1. The fraction of sp³-hybridized carbons (Fsp3) is 0.238. The number of aromatic nitrogens is 2. The van der Waals surface area contributed by atoms with Gasteiger partial charge in [-0.25, -0.2) is 4.98 Å². The Balaban J connectivity index is 1.96. The van der Waals surface area contributed by atoms with Crippen LogP contribution in [-0.2, 0) is 6.18 Å². The van der Waals surface area contributed by atoms with Gasteiger partial charge >= 0.3 is 6.18 Å². The summed E-state index contributed by atoms with van der Waals surface area (Å²) in [5, 5.41) is 2.75. The topological polar surface area (TPSA) is 41.1 Å². The molecule has 1 aromatic heterocycles. The molecular formula is C21H21F3N4. The number of halogens is 3. The van der Waals surface area contributed by atoms with E-state index in [1.54, 1.807) is 42.3 Å². The Bertz CT molecular complexity index is 923. The molecule has 3 rings (SSSR count). The molecule has 0 amide bonds. The maximum Gasteiger partial charge on any atom is 0.421 e. The summed E-state index contributed by atoms with van der Waals surface area (Å²) in [5.41, 5.74) is 1.57. The molecule has 1 N–H and O–H groups in total. The number of nitrogens with zero attached hydrogens (tertiary/aromatic N) is 3. The normalized spacial score (nSPS) is 11.5. The molecule has 0 fully saturated rings. The van der Waals surface area contributed by atoms with Gasteiger partial charge in [-0.3, -0.25) is 0 Å². The van der Waals surface area contributed by atoms with Crippen molar-refractivity contribution in [1.29, 1.82) is 0 Å². The van der Waals surface area contributed by atoms with E-state index >= 15 is 0 Å². The second-order valence-electron chi connectivity index (χ2n) is 6.73. The Hall–Kier alpha value is -3.09. The standard InChI is InChI=1S/C21H21F3N4/c1-14(2)15-9-11-17(12-10-15)28(3)20-25-13-18(21(22,23)24)19(27-20)26-16-7-5-4-6-8-16/h4-14H,1-3H3,(H,25,26,27). The van der Waals surface area contributed by atoms with Gasteiger partial charge in [0.25, 0.3) is 0 Å². The van der Waals surface area contributed by atoms with E-state index in [4.69, 9.17) is 0 Å². The van der Waals surface area contributed by atoms with Gasteiger partial charge in [-0.2, -0.15) is 18.2 Å². The van der Waals surface area contributed by atoms with E-state index in [9.17, 15) is 13.2 Å². The maximum absolute atomic E-state index is 13.4. The summed E-state index contributed by atoms with van der Waals surface area (Å²) in [4.78, 5) is 9.74. The first-order chi connectivity index (χ1) is 13.3. The van der Waals surface area contributed by atoms with Crippen molar-refractivity contribution in [2.24, 2.45) is 0 Å². The number of hydrogen-bond donors (Lipinski definition) is 1. The van der Waals surface area contributed by atoms with Gasteiger partial charge in [0.1, 0.15) is 11.4 Å².